The highest BCUT2D eigenvalue weighted by molar-refractivity contribution is 7.90. The van der Waals surface area contributed by atoms with E-state index in [9.17, 15) is 27.9 Å². The number of likely N-dealkylation sites (tertiary alicyclic amines) is 1. The Morgan fingerprint density at radius 2 is 1.88 bits per heavy atom. The van der Waals surface area contributed by atoms with E-state index in [1.54, 1.807) is 26.8 Å². The topological polar surface area (TPSA) is 181 Å². The molecular formula is C34H35ClN6O7S2. The van der Waals surface area contributed by atoms with Crippen LogP contribution in [0.3, 0.4) is 0 Å². The van der Waals surface area contributed by atoms with E-state index in [1.807, 2.05) is 40.4 Å². The third kappa shape index (κ3) is 6.82. The molecule has 1 aliphatic heterocycles. The van der Waals surface area contributed by atoms with E-state index in [4.69, 9.17) is 26.3 Å². The predicted molar refractivity (Wildman–Crippen MR) is 187 cm³/mol. The molecule has 4 aromatic rings. The number of halogens is 1. The van der Waals surface area contributed by atoms with Gasteiger partial charge in [-0.25, -0.2) is 23.1 Å². The van der Waals surface area contributed by atoms with Crippen LogP contribution in [-0.4, -0.2) is 81.4 Å². The minimum absolute atomic E-state index is 0.0210. The number of aromatic nitrogens is 3. The summed E-state index contributed by atoms with van der Waals surface area (Å²) in [6.07, 6.45) is 1.57. The first-order chi connectivity index (χ1) is 23.6. The Bertz CT molecular complexity index is 2090. The fourth-order valence-electron chi connectivity index (χ4n) is 5.87. The molecule has 6 rings (SSSR count). The van der Waals surface area contributed by atoms with Crippen molar-refractivity contribution < 1.29 is 32.6 Å². The Morgan fingerprint density at radius 1 is 1.16 bits per heavy atom. The minimum Gasteiger partial charge on any atom is -0.471 e. The molecule has 0 spiro atoms. The summed E-state index contributed by atoms with van der Waals surface area (Å²) in [5, 5.41) is 15.5. The number of carbonyl (C=O) groups excluding carboxylic acids is 3. The number of aliphatic hydroxyl groups excluding tert-OH is 1. The van der Waals surface area contributed by atoms with Gasteiger partial charge in [-0.1, -0.05) is 56.6 Å². The minimum atomic E-state index is -4.46. The van der Waals surface area contributed by atoms with E-state index >= 15 is 0 Å². The van der Waals surface area contributed by atoms with E-state index in [-0.39, 0.29) is 30.3 Å². The number of hydrogen-bond acceptors (Lipinski definition) is 11. The van der Waals surface area contributed by atoms with Crippen molar-refractivity contribution in [3.05, 3.63) is 77.9 Å². The van der Waals surface area contributed by atoms with Gasteiger partial charge in [-0.05, 0) is 41.5 Å². The zero-order chi connectivity index (χ0) is 36.0. The van der Waals surface area contributed by atoms with E-state index in [1.165, 1.54) is 34.6 Å². The molecular weight excluding hydrogens is 704 g/mol. The summed E-state index contributed by atoms with van der Waals surface area (Å²) in [5.74, 6) is -2.82. The quantitative estimate of drug-likeness (QED) is 0.203. The lowest BCUT2D eigenvalue weighted by Gasteiger charge is -2.32. The average Bonchev–Trinajstić information content (AvgIpc) is 3.37. The Morgan fingerprint density at radius 3 is 2.50 bits per heavy atom. The highest BCUT2D eigenvalue weighted by Gasteiger charge is 2.61. The van der Waals surface area contributed by atoms with Crippen LogP contribution in [0.4, 0.5) is 0 Å². The van der Waals surface area contributed by atoms with Crippen LogP contribution in [0.25, 0.3) is 21.6 Å². The van der Waals surface area contributed by atoms with Crippen LogP contribution < -0.4 is 14.8 Å². The molecule has 13 nitrogen and oxygen atoms in total. The van der Waals surface area contributed by atoms with Gasteiger partial charge in [0.2, 0.25) is 11.8 Å². The summed E-state index contributed by atoms with van der Waals surface area (Å²) in [6.45, 7) is 8.74. The van der Waals surface area contributed by atoms with Crippen LogP contribution in [0.2, 0.25) is 5.02 Å². The van der Waals surface area contributed by atoms with Gasteiger partial charge >= 0.3 is 0 Å². The number of ether oxygens (including phenoxy) is 1. The molecule has 1 saturated carbocycles. The molecule has 4 heterocycles. The molecule has 0 bridgehead atoms. The predicted octanol–water partition coefficient (Wildman–Crippen LogP) is 3.73. The number of thiophene rings is 1. The highest BCUT2D eigenvalue weighted by Crippen LogP contribution is 2.45. The Labute approximate surface area is 297 Å². The number of pyridine rings is 1. The number of hydrogen-bond donors (Lipinski definition) is 3. The smallest absolute Gasteiger partial charge is 0.267 e. The summed E-state index contributed by atoms with van der Waals surface area (Å²) in [4.78, 5) is 56.4. The van der Waals surface area contributed by atoms with Crippen molar-refractivity contribution in [1.29, 1.82) is 0 Å². The third-order valence-electron chi connectivity index (χ3n) is 8.78. The van der Waals surface area contributed by atoms with Gasteiger partial charge in [0.05, 0.1) is 27.5 Å². The van der Waals surface area contributed by atoms with Gasteiger partial charge in [-0.3, -0.25) is 19.4 Å². The number of aliphatic hydroxyl groups is 1. The number of rotatable bonds is 10. The number of benzene rings is 1. The van der Waals surface area contributed by atoms with E-state index in [0.717, 1.165) is 11.1 Å². The molecule has 50 heavy (non-hydrogen) atoms. The van der Waals surface area contributed by atoms with Crippen molar-refractivity contribution >= 4 is 61.7 Å². The zero-order valence-electron chi connectivity index (χ0n) is 27.4. The van der Waals surface area contributed by atoms with Gasteiger partial charge in [0.1, 0.15) is 34.4 Å². The maximum atomic E-state index is 14.1. The van der Waals surface area contributed by atoms with E-state index in [2.05, 4.69) is 16.9 Å². The summed E-state index contributed by atoms with van der Waals surface area (Å²) in [5.41, 5.74) is -0.787. The van der Waals surface area contributed by atoms with Crippen LogP contribution in [0.1, 0.15) is 33.6 Å². The first-order valence-electron chi connectivity index (χ1n) is 15.7. The van der Waals surface area contributed by atoms with Crippen molar-refractivity contribution in [2.45, 2.75) is 62.3 Å². The van der Waals surface area contributed by atoms with Crippen LogP contribution in [0.15, 0.2) is 77.8 Å². The monoisotopic (exact) mass is 738 g/mol. The Hall–Kier alpha value is -4.44. The normalized spacial score (nSPS) is 22.5. The van der Waals surface area contributed by atoms with Gasteiger partial charge < -0.3 is 20.1 Å². The van der Waals surface area contributed by atoms with Crippen LogP contribution >= 0.6 is 22.9 Å². The molecule has 2 aliphatic rings. The molecule has 3 N–H and O–H groups in total. The summed E-state index contributed by atoms with van der Waals surface area (Å²) >= 11 is 7.51. The number of sulfonamides is 1. The number of nitrogens with zero attached hydrogens (tertiary/aromatic N) is 4. The van der Waals surface area contributed by atoms with E-state index in [0.29, 0.717) is 16.7 Å². The second-order valence-electron chi connectivity index (χ2n) is 13.3. The van der Waals surface area contributed by atoms with Gasteiger partial charge in [-0.15, -0.1) is 17.9 Å². The second kappa shape index (κ2) is 13.4. The number of para-hydroxylation sites is 2. The summed E-state index contributed by atoms with van der Waals surface area (Å²) in [6, 6.07) is 11.2. The zero-order valence-corrected chi connectivity index (χ0v) is 29.8. The SMILES string of the molecule is C=C[C@@H]1C[C@]1(NC(=O)[C@@H]1C[C@@H](Oc2nc3ccccc3nc2-c2cccs2)CN1C(=O)[C@@H](O)C(C)(C)C)C(=O)NS(=O)(=O)c1cnccc1Cl. The summed E-state index contributed by atoms with van der Waals surface area (Å²) < 4.78 is 34.6. The number of amides is 3. The maximum absolute atomic E-state index is 14.1. The molecule has 2 fully saturated rings. The average molecular weight is 739 g/mol. The molecule has 3 amide bonds. The van der Waals surface area contributed by atoms with Crippen LogP contribution in [0, 0.1) is 11.3 Å². The summed E-state index contributed by atoms with van der Waals surface area (Å²) in [7, 11) is -4.46. The first-order valence-corrected chi connectivity index (χ1v) is 18.5. The van der Waals surface area contributed by atoms with Crippen molar-refractivity contribution in [2.24, 2.45) is 11.3 Å². The fourth-order valence-corrected chi connectivity index (χ4v) is 8.04. The number of nitrogens with one attached hydrogen (secondary N) is 2. The number of carbonyl (C=O) groups is 3. The first kappa shape index (κ1) is 35.4. The molecule has 3 aromatic heterocycles. The molecule has 1 aliphatic carbocycles. The van der Waals surface area contributed by atoms with Gasteiger partial charge in [0, 0.05) is 24.7 Å². The third-order valence-corrected chi connectivity index (χ3v) is 11.5. The van der Waals surface area contributed by atoms with Gasteiger partial charge in [-0.2, -0.15) is 0 Å². The molecule has 5 atom stereocenters. The highest BCUT2D eigenvalue weighted by atomic mass is 35.5. The second-order valence-corrected chi connectivity index (χ2v) is 16.3. The molecule has 262 valence electrons. The number of fused-ring (bicyclic) bond motifs is 1. The molecule has 1 aromatic carbocycles. The van der Waals surface area contributed by atoms with Crippen molar-refractivity contribution in [3.8, 4) is 16.5 Å². The van der Waals surface area contributed by atoms with Crippen molar-refractivity contribution in [1.82, 2.24) is 29.9 Å². The standard InChI is InChI=1S/C34H35ClN6O7S2/c1-5-19-16-34(19,32(45)40-50(46,47)26-17-36-13-12-21(26)35)39-29(43)24-15-20(18-41(24)31(44)28(42)33(2,3)4)48-30-27(25-11-8-14-49-25)37-22-9-6-7-10-23(22)38-30/h5-14,17,19-20,24,28,42H,1,15-16,18H2,2-4H3,(H,39,43)(H,40,45)/t19-,20-,24+,28-,34-/m1/s1. The van der Waals surface area contributed by atoms with Gasteiger partial charge in [0.25, 0.3) is 21.8 Å². The largest absolute Gasteiger partial charge is 0.471 e. The fraction of sp³-hybridized carbons (Fsp3) is 0.353. The molecule has 0 unspecified atom stereocenters. The molecule has 16 heteroatoms. The Kier molecular flexibility index (Phi) is 9.45. The van der Waals surface area contributed by atoms with Gasteiger partial charge in [0.15, 0.2) is 0 Å². The Balaban J connectivity index is 1.29. The lowest BCUT2D eigenvalue weighted by molar-refractivity contribution is -0.150. The molecule has 0 radical (unpaired) electrons. The maximum Gasteiger partial charge on any atom is 0.267 e. The lowest BCUT2D eigenvalue weighted by Crippen LogP contribution is -2.57. The van der Waals surface area contributed by atoms with Crippen molar-refractivity contribution in [3.63, 3.8) is 0 Å². The van der Waals surface area contributed by atoms with Crippen LogP contribution in [-0.2, 0) is 24.4 Å². The lowest BCUT2D eigenvalue weighted by atomic mass is 9.88. The van der Waals surface area contributed by atoms with Crippen LogP contribution in [0.5, 0.6) is 5.88 Å². The molecule has 1 saturated heterocycles. The van der Waals surface area contributed by atoms with Crippen molar-refractivity contribution in [2.75, 3.05) is 6.54 Å². The van der Waals surface area contributed by atoms with E-state index < -0.39 is 67.8 Å².